The number of phenols is 2. The molecule has 2 rings (SSSR count). The lowest BCUT2D eigenvalue weighted by Gasteiger charge is -2.31. The van der Waals surface area contributed by atoms with E-state index in [0.717, 1.165) is 18.2 Å². The number of nitrogens with zero attached hydrogens (tertiary/aromatic N) is 1. The molecule has 0 radical (unpaired) electrons. The molecule has 1 amide bonds. The highest BCUT2D eigenvalue weighted by atomic mass is 79.9. The van der Waals surface area contributed by atoms with Gasteiger partial charge in [-0.15, -0.1) is 0 Å². The first kappa shape index (κ1) is 13.2. The van der Waals surface area contributed by atoms with Crippen molar-refractivity contribution < 1.29 is 15.0 Å². The topological polar surface area (TPSA) is 60.8 Å². The van der Waals surface area contributed by atoms with Gasteiger partial charge in [0.1, 0.15) is 11.5 Å². The molecule has 1 fully saturated rings. The summed E-state index contributed by atoms with van der Waals surface area (Å²) in [5.74, 6) is 0.315. The van der Waals surface area contributed by atoms with Crippen LogP contribution in [0.15, 0.2) is 18.2 Å². The number of amides is 1. The number of carbonyl (C=O) groups is 1. The maximum Gasteiger partial charge on any atom is 0.257 e. The average molecular weight is 314 g/mol. The van der Waals surface area contributed by atoms with Gasteiger partial charge in [-0.2, -0.15) is 0 Å². The van der Waals surface area contributed by atoms with Crippen LogP contribution in [0.2, 0.25) is 0 Å². The molecule has 0 unspecified atom stereocenters. The van der Waals surface area contributed by atoms with Crippen LogP contribution >= 0.6 is 15.9 Å². The number of piperidine rings is 1. The van der Waals surface area contributed by atoms with Crippen LogP contribution < -0.4 is 0 Å². The minimum Gasteiger partial charge on any atom is -0.508 e. The quantitative estimate of drug-likeness (QED) is 0.651. The van der Waals surface area contributed by atoms with Gasteiger partial charge in [0.05, 0.1) is 5.56 Å². The first-order valence-electron chi connectivity index (χ1n) is 5.99. The van der Waals surface area contributed by atoms with Crippen LogP contribution in [0.4, 0.5) is 0 Å². The maximum atomic E-state index is 12.2. The SMILES string of the molecule is O=C(c1cc(O)ccc1O)N1CCC(CBr)CC1. The zero-order valence-electron chi connectivity index (χ0n) is 9.97. The predicted octanol–water partition coefficient (Wildman–Crippen LogP) is 2.34. The third kappa shape index (κ3) is 2.77. The van der Waals surface area contributed by atoms with Crippen LogP contribution in [0.25, 0.3) is 0 Å². The summed E-state index contributed by atoms with van der Waals surface area (Å²) in [6.45, 7) is 1.40. The Morgan fingerprint density at radius 2 is 2.00 bits per heavy atom. The fraction of sp³-hybridized carbons (Fsp3) is 0.462. The highest BCUT2D eigenvalue weighted by Gasteiger charge is 2.24. The molecule has 1 aliphatic rings. The Morgan fingerprint density at radius 1 is 1.33 bits per heavy atom. The van der Waals surface area contributed by atoms with Gasteiger partial charge >= 0.3 is 0 Å². The molecule has 1 aromatic carbocycles. The summed E-state index contributed by atoms with van der Waals surface area (Å²) in [6, 6.07) is 4.02. The molecule has 0 aromatic heterocycles. The molecule has 0 bridgehead atoms. The fourth-order valence-electron chi connectivity index (χ4n) is 2.16. The summed E-state index contributed by atoms with van der Waals surface area (Å²) in [6.07, 6.45) is 1.94. The molecule has 0 atom stereocenters. The zero-order valence-corrected chi connectivity index (χ0v) is 11.6. The Balaban J connectivity index is 2.10. The number of aromatic hydroxyl groups is 2. The molecule has 98 valence electrons. The average Bonchev–Trinajstić information content (AvgIpc) is 2.41. The molecule has 1 aromatic rings. The number of benzene rings is 1. The van der Waals surface area contributed by atoms with Crippen LogP contribution in [0, 0.1) is 5.92 Å². The third-order valence-electron chi connectivity index (χ3n) is 3.33. The summed E-state index contributed by atoms with van der Waals surface area (Å²) in [4.78, 5) is 13.9. The van der Waals surface area contributed by atoms with Crippen molar-refractivity contribution >= 4 is 21.8 Å². The lowest BCUT2D eigenvalue weighted by atomic mass is 9.98. The Bertz CT molecular complexity index is 442. The molecule has 2 N–H and O–H groups in total. The van der Waals surface area contributed by atoms with E-state index in [4.69, 9.17) is 0 Å². The summed E-state index contributed by atoms with van der Waals surface area (Å²) < 4.78 is 0. The smallest absolute Gasteiger partial charge is 0.257 e. The molecule has 5 heteroatoms. The first-order chi connectivity index (χ1) is 8.61. The lowest BCUT2D eigenvalue weighted by molar-refractivity contribution is 0.0695. The van der Waals surface area contributed by atoms with E-state index in [-0.39, 0.29) is 23.0 Å². The van der Waals surface area contributed by atoms with Crippen LogP contribution in [0.1, 0.15) is 23.2 Å². The standard InChI is InChI=1S/C13H16BrNO3/c14-8-9-3-5-15(6-4-9)13(18)11-7-10(16)1-2-12(11)17/h1-2,7,9,16-17H,3-6,8H2. The fourth-order valence-corrected chi connectivity index (χ4v) is 2.80. The van der Waals surface area contributed by atoms with E-state index in [0.29, 0.717) is 19.0 Å². The zero-order chi connectivity index (χ0) is 13.1. The largest absolute Gasteiger partial charge is 0.508 e. The van der Waals surface area contributed by atoms with Gasteiger partial charge in [-0.25, -0.2) is 0 Å². The minimum atomic E-state index is -0.212. The normalized spacial score (nSPS) is 16.8. The second-order valence-electron chi connectivity index (χ2n) is 4.59. The molecular formula is C13H16BrNO3. The number of halogens is 1. The molecule has 18 heavy (non-hydrogen) atoms. The Hall–Kier alpha value is -1.23. The van der Waals surface area contributed by atoms with Crippen LogP contribution in [-0.4, -0.2) is 39.4 Å². The highest BCUT2D eigenvalue weighted by molar-refractivity contribution is 9.09. The number of hydrogen-bond donors (Lipinski definition) is 2. The van der Waals surface area contributed by atoms with Crippen molar-refractivity contribution in [1.29, 1.82) is 0 Å². The van der Waals surface area contributed by atoms with Crippen molar-refractivity contribution in [3.63, 3.8) is 0 Å². The van der Waals surface area contributed by atoms with Crippen LogP contribution in [0.5, 0.6) is 11.5 Å². The predicted molar refractivity (Wildman–Crippen MR) is 72.2 cm³/mol. The number of hydrogen-bond acceptors (Lipinski definition) is 3. The number of carbonyl (C=O) groups excluding carboxylic acids is 1. The van der Waals surface area contributed by atoms with Crippen molar-refractivity contribution in [3.05, 3.63) is 23.8 Å². The molecule has 1 saturated heterocycles. The van der Waals surface area contributed by atoms with Crippen molar-refractivity contribution in [2.75, 3.05) is 18.4 Å². The van der Waals surface area contributed by atoms with E-state index in [9.17, 15) is 15.0 Å². The minimum absolute atomic E-state index is 0.00788. The molecule has 4 nitrogen and oxygen atoms in total. The molecule has 0 spiro atoms. The van der Waals surface area contributed by atoms with Crippen molar-refractivity contribution in [1.82, 2.24) is 4.90 Å². The first-order valence-corrected chi connectivity index (χ1v) is 7.11. The van der Waals surface area contributed by atoms with Crippen molar-refractivity contribution in [2.45, 2.75) is 12.8 Å². The van der Waals surface area contributed by atoms with Gasteiger partial charge in [-0.1, -0.05) is 15.9 Å². The maximum absolute atomic E-state index is 12.2. The van der Waals surface area contributed by atoms with E-state index in [1.807, 2.05) is 0 Å². The highest BCUT2D eigenvalue weighted by Crippen LogP contribution is 2.26. The van der Waals surface area contributed by atoms with Crippen LogP contribution in [0.3, 0.4) is 0 Å². The molecule has 0 saturated carbocycles. The van der Waals surface area contributed by atoms with Gasteiger partial charge in [-0.05, 0) is 37.0 Å². The van der Waals surface area contributed by atoms with Crippen molar-refractivity contribution in [3.8, 4) is 11.5 Å². The van der Waals surface area contributed by atoms with Gasteiger partial charge in [0.2, 0.25) is 0 Å². The monoisotopic (exact) mass is 313 g/mol. The molecule has 1 heterocycles. The van der Waals surface area contributed by atoms with Gasteiger partial charge in [0.25, 0.3) is 5.91 Å². The van der Waals surface area contributed by atoms with Gasteiger partial charge in [0, 0.05) is 18.4 Å². The van der Waals surface area contributed by atoms with E-state index >= 15 is 0 Å². The second kappa shape index (κ2) is 5.61. The van der Waals surface area contributed by atoms with E-state index in [2.05, 4.69) is 15.9 Å². The van der Waals surface area contributed by atoms with E-state index in [1.165, 1.54) is 18.2 Å². The number of alkyl halides is 1. The van der Waals surface area contributed by atoms with Crippen LogP contribution in [-0.2, 0) is 0 Å². The number of rotatable bonds is 2. The van der Waals surface area contributed by atoms with Gasteiger partial charge in [-0.3, -0.25) is 4.79 Å². The molecule has 0 aliphatic carbocycles. The Morgan fingerprint density at radius 3 is 2.61 bits per heavy atom. The third-order valence-corrected chi connectivity index (χ3v) is 4.25. The molecular weight excluding hydrogens is 298 g/mol. The van der Waals surface area contributed by atoms with E-state index in [1.54, 1.807) is 4.90 Å². The summed E-state index contributed by atoms with van der Waals surface area (Å²) >= 11 is 3.46. The number of phenolic OH excluding ortho intramolecular Hbond substituents is 2. The molecule has 1 aliphatic heterocycles. The Labute approximate surface area is 114 Å². The van der Waals surface area contributed by atoms with Gasteiger partial charge < -0.3 is 15.1 Å². The Kier molecular flexibility index (Phi) is 4.11. The summed E-state index contributed by atoms with van der Waals surface area (Å²) in [5.41, 5.74) is 0.173. The van der Waals surface area contributed by atoms with E-state index < -0.39 is 0 Å². The summed E-state index contributed by atoms with van der Waals surface area (Å²) in [5, 5.41) is 20.0. The number of likely N-dealkylation sites (tertiary alicyclic amines) is 1. The van der Waals surface area contributed by atoms with Gasteiger partial charge in [0.15, 0.2) is 0 Å². The summed E-state index contributed by atoms with van der Waals surface area (Å²) in [7, 11) is 0. The lowest BCUT2D eigenvalue weighted by Crippen LogP contribution is -2.38. The van der Waals surface area contributed by atoms with Crippen molar-refractivity contribution in [2.24, 2.45) is 5.92 Å². The second-order valence-corrected chi connectivity index (χ2v) is 5.24.